The first-order valence-electron chi connectivity index (χ1n) is 10.1. The van der Waals surface area contributed by atoms with Gasteiger partial charge in [-0.3, -0.25) is 9.59 Å². The van der Waals surface area contributed by atoms with Crippen molar-refractivity contribution in [2.24, 2.45) is 0 Å². The Bertz CT molecular complexity index is 952. The quantitative estimate of drug-likeness (QED) is 0.693. The molecule has 0 aromatic heterocycles. The molecule has 0 spiro atoms. The van der Waals surface area contributed by atoms with Crippen LogP contribution in [-0.2, 0) is 14.8 Å². The SMILES string of the molecule is Cc1cc(C(=O)N(C)CC2CCCN2C(=O)C2CCCN2S(C)(=O)=O)c(F)cc1N. The van der Waals surface area contributed by atoms with Gasteiger partial charge in [0.05, 0.1) is 11.8 Å². The highest BCUT2D eigenvalue weighted by molar-refractivity contribution is 7.88. The van der Waals surface area contributed by atoms with Crippen LogP contribution < -0.4 is 5.73 Å². The van der Waals surface area contributed by atoms with Gasteiger partial charge in [0.2, 0.25) is 15.9 Å². The molecule has 2 amide bonds. The summed E-state index contributed by atoms with van der Waals surface area (Å²) in [5.41, 5.74) is 6.54. The summed E-state index contributed by atoms with van der Waals surface area (Å²) in [6.07, 6.45) is 3.75. The summed E-state index contributed by atoms with van der Waals surface area (Å²) in [4.78, 5) is 29.0. The molecule has 0 aliphatic carbocycles. The lowest BCUT2D eigenvalue weighted by molar-refractivity contribution is -0.135. The number of hydrogen-bond acceptors (Lipinski definition) is 5. The summed E-state index contributed by atoms with van der Waals surface area (Å²) in [6, 6.07) is 1.66. The van der Waals surface area contributed by atoms with Crippen molar-refractivity contribution >= 4 is 27.5 Å². The maximum Gasteiger partial charge on any atom is 0.256 e. The molecule has 166 valence electrons. The van der Waals surface area contributed by atoms with Crippen LogP contribution in [0, 0.1) is 12.7 Å². The Morgan fingerprint density at radius 1 is 1.23 bits per heavy atom. The number of halogens is 1. The van der Waals surface area contributed by atoms with E-state index in [9.17, 15) is 22.4 Å². The number of anilines is 1. The second-order valence-corrected chi connectivity index (χ2v) is 10.2. The molecule has 0 bridgehead atoms. The number of nitrogen functional groups attached to an aromatic ring is 1. The standard InChI is InChI=1S/C20H29FN4O4S/c1-13-10-15(16(21)11-17(13)22)19(26)23(2)12-14-6-4-8-24(14)20(27)18-7-5-9-25(18)30(3,28)29/h10-11,14,18H,4-9,12,22H2,1-3H3. The molecule has 2 atom stereocenters. The van der Waals surface area contributed by atoms with Gasteiger partial charge in [-0.15, -0.1) is 0 Å². The lowest BCUT2D eigenvalue weighted by Gasteiger charge is -2.32. The highest BCUT2D eigenvalue weighted by atomic mass is 32.2. The molecule has 3 rings (SSSR count). The van der Waals surface area contributed by atoms with Crippen LogP contribution >= 0.6 is 0 Å². The van der Waals surface area contributed by atoms with E-state index in [1.165, 1.54) is 15.3 Å². The van der Waals surface area contributed by atoms with Crippen LogP contribution in [0.2, 0.25) is 0 Å². The van der Waals surface area contributed by atoms with Gasteiger partial charge in [-0.05, 0) is 50.3 Å². The minimum atomic E-state index is -3.46. The molecule has 2 heterocycles. The fraction of sp³-hybridized carbons (Fsp3) is 0.600. The van der Waals surface area contributed by atoms with Crippen molar-refractivity contribution < 1.29 is 22.4 Å². The number of sulfonamides is 1. The number of aryl methyl sites for hydroxylation is 1. The van der Waals surface area contributed by atoms with E-state index in [1.807, 2.05) is 0 Å². The molecule has 1 aromatic rings. The van der Waals surface area contributed by atoms with E-state index in [1.54, 1.807) is 18.9 Å². The number of amides is 2. The Morgan fingerprint density at radius 2 is 1.90 bits per heavy atom. The second-order valence-electron chi connectivity index (χ2n) is 8.23. The van der Waals surface area contributed by atoms with Crippen LogP contribution in [0.15, 0.2) is 12.1 Å². The zero-order valence-corrected chi connectivity index (χ0v) is 18.4. The fourth-order valence-corrected chi connectivity index (χ4v) is 5.48. The first-order chi connectivity index (χ1) is 14.0. The van der Waals surface area contributed by atoms with Gasteiger partial charge >= 0.3 is 0 Å². The predicted molar refractivity (Wildman–Crippen MR) is 112 cm³/mol. The zero-order valence-electron chi connectivity index (χ0n) is 17.6. The summed E-state index contributed by atoms with van der Waals surface area (Å²) in [6.45, 7) is 2.83. The molecule has 2 unspecified atom stereocenters. The Kier molecular flexibility index (Phi) is 6.37. The Labute approximate surface area is 176 Å². The van der Waals surface area contributed by atoms with Gasteiger partial charge in [0.1, 0.15) is 11.9 Å². The minimum absolute atomic E-state index is 0.0564. The molecular formula is C20H29FN4O4S. The average Bonchev–Trinajstić information content (AvgIpc) is 3.32. The van der Waals surface area contributed by atoms with Gasteiger partial charge in [0.25, 0.3) is 5.91 Å². The van der Waals surface area contributed by atoms with E-state index in [2.05, 4.69) is 0 Å². The van der Waals surface area contributed by atoms with E-state index in [0.29, 0.717) is 37.9 Å². The van der Waals surface area contributed by atoms with E-state index >= 15 is 0 Å². The molecule has 30 heavy (non-hydrogen) atoms. The summed E-state index contributed by atoms with van der Waals surface area (Å²) in [7, 11) is -1.88. The van der Waals surface area contributed by atoms with Crippen LogP contribution in [0.4, 0.5) is 10.1 Å². The van der Waals surface area contributed by atoms with Gasteiger partial charge in [0, 0.05) is 38.4 Å². The molecule has 0 saturated carbocycles. The molecule has 0 radical (unpaired) electrons. The van der Waals surface area contributed by atoms with E-state index < -0.39 is 27.8 Å². The smallest absolute Gasteiger partial charge is 0.256 e. The predicted octanol–water partition coefficient (Wildman–Crippen LogP) is 1.20. The maximum absolute atomic E-state index is 14.3. The number of rotatable bonds is 5. The van der Waals surface area contributed by atoms with Gasteiger partial charge in [0.15, 0.2) is 0 Å². The number of nitrogens with zero attached hydrogens (tertiary/aromatic N) is 3. The van der Waals surface area contributed by atoms with Crippen LogP contribution in [-0.4, -0.2) is 79.4 Å². The number of carbonyl (C=O) groups is 2. The molecule has 2 saturated heterocycles. The Morgan fingerprint density at radius 3 is 2.57 bits per heavy atom. The third-order valence-corrected chi connectivity index (χ3v) is 7.28. The normalized spacial score (nSPS) is 22.5. The van der Waals surface area contributed by atoms with E-state index in [-0.39, 0.29) is 29.7 Å². The van der Waals surface area contributed by atoms with Crippen molar-refractivity contribution in [2.75, 3.05) is 38.7 Å². The van der Waals surface area contributed by atoms with Crippen molar-refractivity contribution in [3.63, 3.8) is 0 Å². The highest BCUT2D eigenvalue weighted by Crippen LogP contribution is 2.27. The number of hydrogen-bond donors (Lipinski definition) is 1. The van der Waals surface area contributed by atoms with Gasteiger partial charge in [-0.1, -0.05) is 0 Å². The van der Waals surface area contributed by atoms with E-state index in [0.717, 1.165) is 18.7 Å². The Hall–Kier alpha value is -2.20. The molecule has 1 aromatic carbocycles. The molecule has 8 nitrogen and oxygen atoms in total. The van der Waals surface area contributed by atoms with Crippen LogP contribution in [0.5, 0.6) is 0 Å². The van der Waals surface area contributed by atoms with Crippen LogP contribution in [0.3, 0.4) is 0 Å². The molecule has 2 aliphatic heterocycles. The summed E-state index contributed by atoms with van der Waals surface area (Å²) >= 11 is 0. The molecule has 10 heteroatoms. The Balaban J connectivity index is 1.72. The third-order valence-electron chi connectivity index (χ3n) is 5.99. The topological polar surface area (TPSA) is 104 Å². The van der Waals surface area contributed by atoms with Crippen molar-refractivity contribution in [1.29, 1.82) is 0 Å². The molecule has 2 N–H and O–H groups in total. The lowest BCUT2D eigenvalue weighted by Crippen LogP contribution is -2.51. The van der Waals surface area contributed by atoms with Crippen molar-refractivity contribution in [3.8, 4) is 0 Å². The number of nitrogens with two attached hydrogens (primary N) is 1. The van der Waals surface area contributed by atoms with Crippen molar-refractivity contribution in [3.05, 3.63) is 29.1 Å². The summed E-state index contributed by atoms with van der Waals surface area (Å²) in [5, 5.41) is 0. The monoisotopic (exact) mass is 440 g/mol. The highest BCUT2D eigenvalue weighted by Gasteiger charge is 2.41. The van der Waals surface area contributed by atoms with Crippen molar-refractivity contribution in [1.82, 2.24) is 14.1 Å². The maximum atomic E-state index is 14.3. The van der Waals surface area contributed by atoms with Gasteiger partial charge in [-0.25, -0.2) is 12.8 Å². The number of carbonyl (C=O) groups excluding carboxylic acids is 2. The minimum Gasteiger partial charge on any atom is -0.398 e. The largest absolute Gasteiger partial charge is 0.398 e. The van der Waals surface area contributed by atoms with Gasteiger partial charge < -0.3 is 15.5 Å². The molecule has 2 aliphatic rings. The number of benzene rings is 1. The molecule has 2 fully saturated rings. The van der Waals surface area contributed by atoms with E-state index in [4.69, 9.17) is 5.73 Å². The third kappa shape index (κ3) is 4.44. The molecular weight excluding hydrogens is 411 g/mol. The lowest BCUT2D eigenvalue weighted by atomic mass is 10.1. The first-order valence-corrected chi connectivity index (χ1v) is 11.9. The van der Waals surface area contributed by atoms with Gasteiger partial charge in [-0.2, -0.15) is 4.31 Å². The van der Waals surface area contributed by atoms with Crippen LogP contribution in [0.25, 0.3) is 0 Å². The second kappa shape index (κ2) is 8.50. The zero-order chi connectivity index (χ0) is 22.2. The van der Waals surface area contributed by atoms with Crippen molar-refractivity contribution in [2.45, 2.75) is 44.7 Å². The average molecular weight is 441 g/mol. The number of likely N-dealkylation sites (tertiary alicyclic amines) is 1. The number of likely N-dealkylation sites (N-methyl/N-ethyl adjacent to an activating group) is 1. The first kappa shape index (κ1) is 22.5. The summed E-state index contributed by atoms with van der Waals surface area (Å²) < 4.78 is 39.6. The van der Waals surface area contributed by atoms with Crippen LogP contribution in [0.1, 0.15) is 41.6 Å². The summed E-state index contributed by atoms with van der Waals surface area (Å²) in [5.74, 6) is -1.37. The fourth-order valence-electron chi connectivity index (χ4n) is 4.36.